The lowest BCUT2D eigenvalue weighted by Crippen LogP contribution is -2.38. The molecule has 166 valence electrons. The van der Waals surface area contributed by atoms with Gasteiger partial charge in [0, 0.05) is 35.7 Å². The van der Waals surface area contributed by atoms with Crippen molar-refractivity contribution in [2.45, 2.75) is 46.0 Å². The Morgan fingerprint density at radius 1 is 1.09 bits per heavy atom. The van der Waals surface area contributed by atoms with E-state index in [2.05, 4.69) is 19.2 Å². The fourth-order valence-corrected chi connectivity index (χ4v) is 4.69. The minimum atomic E-state index is -0.514. The van der Waals surface area contributed by atoms with Crippen molar-refractivity contribution in [1.82, 2.24) is 5.32 Å². The third kappa shape index (κ3) is 4.47. The average Bonchev–Trinajstić information content (AvgIpc) is 2.73. The predicted octanol–water partition coefficient (Wildman–Crippen LogP) is 4.78. The zero-order chi connectivity index (χ0) is 22.9. The Hall–Kier alpha value is -3.34. The molecule has 1 unspecified atom stereocenters. The molecule has 4 rings (SSSR count). The van der Waals surface area contributed by atoms with Gasteiger partial charge < -0.3 is 15.2 Å². The molecule has 2 aromatic rings. The predicted molar refractivity (Wildman–Crippen MR) is 123 cm³/mol. The van der Waals surface area contributed by atoms with Crippen molar-refractivity contribution < 1.29 is 19.4 Å². The van der Waals surface area contributed by atoms with E-state index < -0.39 is 11.9 Å². The number of ether oxygens (including phenoxy) is 1. The Morgan fingerprint density at radius 3 is 2.47 bits per heavy atom. The molecule has 2 N–H and O–H groups in total. The number of Topliss-reactive ketones (excluding diaryl/α,β-unsaturated/α-hetero) is 1. The van der Waals surface area contributed by atoms with Gasteiger partial charge in [0.25, 0.3) is 0 Å². The second kappa shape index (κ2) is 8.65. The molecule has 5 heteroatoms. The Labute approximate surface area is 188 Å². The highest BCUT2D eigenvalue weighted by atomic mass is 16.5. The van der Waals surface area contributed by atoms with Crippen LogP contribution in [0.25, 0.3) is 0 Å². The number of aromatic hydroxyl groups is 1. The van der Waals surface area contributed by atoms with Crippen molar-refractivity contribution in [3.63, 3.8) is 0 Å². The highest BCUT2D eigenvalue weighted by Gasteiger charge is 2.43. The number of phenolic OH excluding ortho intramolecular Hbond substituents is 1. The molecular formula is C27H29NO4. The second-order valence-electron chi connectivity index (χ2n) is 9.39. The minimum absolute atomic E-state index is 0.0453. The number of carbonyl (C=O) groups is 2. The smallest absolute Gasteiger partial charge is 0.336 e. The van der Waals surface area contributed by atoms with E-state index in [9.17, 15) is 14.7 Å². The third-order valence-electron chi connectivity index (χ3n) is 6.15. The van der Waals surface area contributed by atoms with Gasteiger partial charge in [-0.3, -0.25) is 4.79 Å². The quantitative estimate of drug-likeness (QED) is 0.666. The van der Waals surface area contributed by atoms with Crippen molar-refractivity contribution in [1.29, 1.82) is 0 Å². The van der Waals surface area contributed by atoms with Crippen molar-refractivity contribution in [3.05, 3.63) is 88.3 Å². The molecule has 2 aromatic carbocycles. The Kier molecular flexibility index (Phi) is 5.92. The topological polar surface area (TPSA) is 75.6 Å². The number of hydrogen-bond acceptors (Lipinski definition) is 5. The molecule has 32 heavy (non-hydrogen) atoms. The number of ketones is 1. The number of dihydropyridines is 1. The number of phenols is 1. The number of allylic oxidation sites excluding steroid dienone is 3. The molecule has 1 aliphatic heterocycles. The van der Waals surface area contributed by atoms with Gasteiger partial charge in [-0.1, -0.05) is 56.3 Å². The van der Waals surface area contributed by atoms with E-state index in [4.69, 9.17) is 4.74 Å². The van der Waals surface area contributed by atoms with Crippen LogP contribution in [-0.2, 0) is 20.7 Å². The summed E-state index contributed by atoms with van der Waals surface area (Å²) in [5.74, 6) is -0.752. The Balaban J connectivity index is 1.66. The summed E-state index contributed by atoms with van der Waals surface area (Å²) in [6.07, 6.45) is 1.78. The summed E-state index contributed by atoms with van der Waals surface area (Å²) in [7, 11) is 0. The number of esters is 1. The van der Waals surface area contributed by atoms with Crippen LogP contribution in [0, 0.1) is 5.41 Å². The first-order valence-corrected chi connectivity index (χ1v) is 11.0. The van der Waals surface area contributed by atoms with E-state index >= 15 is 0 Å². The van der Waals surface area contributed by atoms with Crippen LogP contribution in [0.15, 0.2) is 77.1 Å². The van der Waals surface area contributed by atoms with Gasteiger partial charge in [-0.05, 0) is 42.0 Å². The molecule has 0 saturated carbocycles. The SMILES string of the molecule is CC1=C(C(=O)OCCc2ccccc2)C(c2ccc(O)cc2)C2=C(CC(C)(C)CC2=O)N1. The summed E-state index contributed by atoms with van der Waals surface area (Å²) in [6.45, 7) is 6.28. The fraction of sp³-hybridized carbons (Fsp3) is 0.333. The van der Waals surface area contributed by atoms with E-state index in [1.165, 1.54) is 0 Å². The van der Waals surface area contributed by atoms with Gasteiger partial charge in [-0.15, -0.1) is 0 Å². The lowest BCUT2D eigenvalue weighted by molar-refractivity contribution is -0.139. The molecule has 0 fully saturated rings. The van der Waals surface area contributed by atoms with Crippen LogP contribution >= 0.6 is 0 Å². The Morgan fingerprint density at radius 2 is 1.78 bits per heavy atom. The molecule has 1 atom stereocenters. The fourth-order valence-electron chi connectivity index (χ4n) is 4.69. The normalized spacial score (nSPS) is 20.0. The van der Waals surface area contributed by atoms with Crippen LogP contribution in [0.2, 0.25) is 0 Å². The second-order valence-corrected chi connectivity index (χ2v) is 9.39. The number of carbonyl (C=O) groups excluding carboxylic acids is 2. The number of hydrogen-bond donors (Lipinski definition) is 2. The monoisotopic (exact) mass is 431 g/mol. The van der Waals surface area contributed by atoms with Crippen molar-refractivity contribution in [2.75, 3.05) is 6.61 Å². The lowest BCUT2D eigenvalue weighted by atomic mass is 9.68. The van der Waals surface area contributed by atoms with E-state index in [0.717, 1.165) is 23.2 Å². The summed E-state index contributed by atoms with van der Waals surface area (Å²) >= 11 is 0. The van der Waals surface area contributed by atoms with Gasteiger partial charge in [0.15, 0.2) is 5.78 Å². The summed E-state index contributed by atoms with van der Waals surface area (Å²) in [5.41, 5.74) is 4.42. The third-order valence-corrected chi connectivity index (χ3v) is 6.15. The molecular weight excluding hydrogens is 402 g/mol. The van der Waals surface area contributed by atoms with Crippen LogP contribution < -0.4 is 5.32 Å². The van der Waals surface area contributed by atoms with Crippen LogP contribution in [0.5, 0.6) is 5.75 Å². The number of nitrogens with one attached hydrogen (secondary N) is 1. The number of benzene rings is 2. The molecule has 0 amide bonds. The molecule has 0 saturated heterocycles. The van der Waals surface area contributed by atoms with Crippen LogP contribution in [0.1, 0.15) is 50.7 Å². The molecule has 0 spiro atoms. The van der Waals surface area contributed by atoms with E-state index in [0.29, 0.717) is 29.7 Å². The first kappa shape index (κ1) is 21.9. The summed E-state index contributed by atoms with van der Waals surface area (Å²) in [5, 5.41) is 13.1. The van der Waals surface area contributed by atoms with Gasteiger partial charge in [0.1, 0.15) is 5.75 Å². The standard InChI is InChI=1S/C27H29NO4/c1-17-23(26(31)32-14-13-18-7-5-4-6-8-18)24(19-9-11-20(29)12-10-19)25-21(28-17)15-27(2,3)16-22(25)30/h4-12,24,28-29H,13-16H2,1-3H3. The summed E-state index contributed by atoms with van der Waals surface area (Å²) < 4.78 is 5.67. The zero-order valence-corrected chi connectivity index (χ0v) is 18.8. The summed E-state index contributed by atoms with van der Waals surface area (Å²) in [6, 6.07) is 16.6. The van der Waals surface area contributed by atoms with E-state index in [1.54, 1.807) is 24.3 Å². The minimum Gasteiger partial charge on any atom is -0.508 e. The maximum atomic E-state index is 13.3. The van der Waals surface area contributed by atoms with Crippen LogP contribution in [-0.4, -0.2) is 23.5 Å². The molecule has 0 bridgehead atoms. The van der Waals surface area contributed by atoms with E-state index in [1.807, 2.05) is 37.3 Å². The maximum Gasteiger partial charge on any atom is 0.336 e. The molecule has 1 heterocycles. The molecule has 2 aliphatic rings. The van der Waals surface area contributed by atoms with Crippen molar-refractivity contribution >= 4 is 11.8 Å². The first-order valence-electron chi connectivity index (χ1n) is 11.0. The maximum absolute atomic E-state index is 13.3. The largest absolute Gasteiger partial charge is 0.508 e. The zero-order valence-electron chi connectivity index (χ0n) is 18.8. The highest BCUT2D eigenvalue weighted by molar-refractivity contribution is 6.04. The highest BCUT2D eigenvalue weighted by Crippen LogP contribution is 2.46. The average molecular weight is 432 g/mol. The van der Waals surface area contributed by atoms with Crippen molar-refractivity contribution in [3.8, 4) is 5.75 Å². The molecule has 0 radical (unpaired) electrons. The Bertz CT molecular complexity index is 1090. The molecule has 5 nitrogen and oxygen atoms in total. The van der Waals surface area contributed by atoms with Gasteiger partial charge in [-0.2, -0.15) is 0 Å². The molecule has 1 aliphatic carbocycles. The summed E-state index contributed by atoms with van der Waals surface area (Å²) in [4.78, 5) is 26.5. The van der Waals surface area contributed by atoms with Gasteiger partial charge in [0.05, 0.1) is 12.2 Å². The van der Waals surface area contributed by atoms with E-state index in [-0.39, 0.29) is 23.6 Å². The first-order chi connectivity index (χ1) is 15.2. The van der Waals surface area contributed by atoms with Gasteiger partial charge >= 0.3 is 5.97 Å². The molecule has 0 aromatic heterocycles. The van der Waals surface area contributed by atoms with Crippen molar-refractivity contribution in [2.24, 2.45) is 5.41 Å². The number of rotatable bonds is 5. The van der Waals surface area contributed by atoms with Crippen LogP contribution in [0.3, 0.4) is 0 Å². The van der Waals surface area contributed by atoms with Crippen LogP contribution in [0.4, 0.5) is 0 Å². The van der Waals surface area contributed by atoms with Gasteiger partial charge in [0.2, 0.25) is 0 Å². The lowest BCUT2D eigenvalue weighted by Gasteiger charge is -2.39. The van der Waals surface area contributed by atoms with Gasteiger partial charge in [-0.25, -0.2) is 4.79 Å².